The molecule has 3 heterocycles. The normalized spacial score (nSPS) is 18.8. The van der Waals surface area contributed by atoms with Crippen molar-refractivity contribution in [3.63, 3.8) is 0 Å². The number of imide groups is 1. The van der Waals surface area contributed by atoms with Gasteiger partial charge in [-0.05, 0) is 18.9 Å². The summed E-state index contributed by atoms with van der Waals surface area (Å²) in [5, 5.41) is 4.56. The van der Waals surface area contributed by atoms with Crippen LogP contribution in [-0.2, 0) is 11.3 Å². The van der Waals surface area contributed by atoms with Gasteiger partial charge in [0, 0.05) is 19.5 Å². The van der Waals surface area contributed by atoms with Crippen LogP contribution in [0.5, 0.6) is 0 Å². The van der Waals surface area contributed by atoms with E-state index in [4.69, 9.17) is 5.73 Å². The summed E-state index contributed by atoms with van der Waals surface area (Å²) in [5.74, 6) is 0.205. The van der Waals surface area contributed by atoms with E-state index in [-0.39, 0.29) is 18.5 Å². The van der Waals surface area contributed by atoms with Crippen molar-refractivity contribution in [2.45, 2.75) is 25.3 Å². The molecule has 2 aliphatic rings. The lowest BCUT2D eigenvalue weighted by Gasteiger charge is -2.16. The Labute approximate surface area is 126 Å². The molecule has 0 unspecified atom stereocenters. The third-order valence-corrected chi connectivity index (χ3v) is 4.16. The van der Waals surface area contributed by atoms with Crippen LogP contribution >= 0.6 is 0 Å². The highest BCUT2D eigenvalue weighted by molar-refractivity contribution is 6.13. The minimum atomic E-state index is -0.336. The van der Waals surface area contributed by atoms with Crippen LogP contribution in [0.3, 0.4) is 0 Å². The summed E-state index contributed by atoms with van der Waals surface area (Å²) < 4.78 is 1.67. The van der Waals surface area contributed by atoms with Crippen LogP contribution in [0.2, 0.25) is 0 Å². The van der Waals surface area contributed by atoms with Gasteiger partial charge in [-0.15, -0.1) is 0 Å². The first-order valence-electron chi connectivity index (χ1n) is 7.26. The van der Waals surface area contributed by atoms with E-state index in [1.54, 1.807) is 10.7 Å². The molecule has 4 rings (SSSR count). The topological polar surface area (TPSA) is 96.8 Å². The van der Waals surface area contributed by atoms with Crippen molar-refractivity contribution in [3.8, 4) is 0 Å². The van der Waals surface area contributed by atoms with Crippen LogP contribution in [0.15, 0.2) is 12.3 Å². The Morgan fingerprint density at radius 1 is 1.36 bits per heavy atom. The molecule has 0 spiro atoms. The summed E-state index contributed by atoms with van der Waals surface area (Å²) in [6, 6.07) is 1.54. The van der Waals surface area contributed by atoms with Crippen LogP contribution in [0.25, 0.3) is 5.65 Å². The standard InChI is InChI=1S/C14H16N6O2/c1-18-12(21)7-19(14(18)22)11-4-10(8-2-3-8)17-20-6-9(5-15)16-13(11)20/h4,6,8H,2-3,5,7,15H2,1H3. The van der Waals surface area contributed by atoms with Crippen LogP contribution in [-0.4, -0.2) is 45.0 Å². The molecular weight excluding hydrogens is 284 g/mol. The number of hydrogen-bond donors (Lipinski definition) is 1. The Morgan fingerprint density at radius 3 is 2.73 bits per heavy atom. The smallest absolute Gasteiger partial charge is 0.325 e. The number of carbonyl (C=O) groups is 2. The molecule has 0 aromatic carbocycles. The van der Waals surface area contributed by atoms with E-state index in [2.05, 4.69) is 10.1 Å². The fraction of sp³-hybridized carbons (Fsp3) is 0.429. The summed E-state index contributed by atoms with van der Waals surface area (Å²) in [6.45, 7) is 0.332. The molecule has 0 radical (unpaired) electrons. The zero-order chi connectivity index (χ0) is 15.4. The van der Waals surface area contributed by atoms with E-state index in [0.29, 0.717) is 29.5 Å². The highest BCUT2D eigenvalue weighted by atomic mass is 16.2. The minimum absolute atomic E-state index is 0.0317. The Kier molecular flexibility index (Phi) is 2.70. The van der Waals surface area contributed by atoms with Gasteiger partial charge in [-0.1, -0.05) is 0 Å². The lowest BCUT2D eigenvalue weighted by molar-refractivity contribution is -0.123. The molecule has 0 bridgehead atoms. The maximum Gasteiger partial charge on any atom is 0.331 e. The number of rotatable bonds is 3. The number of aromatic nitrogens is 3. The number of carbonyl (C=O) groups excluding carboxylic acids is 2. The van der Waals surface area contributed by atoms with E-state index >= 15 is 0 Å². The average Bonchev–Trinajstić information content (AvgIpc) is 3.23. The molecule has 2 fully saturated rings. The van der Waals surface area contributed by atoms with Gasteiger partial charge >= 0.3 is 6.03 Å². The van der Waals surface area contributed by atoms with E-state index < -0.39 is 0 Å². The predicted molar refractivity (Wildman–Crippen MR) is 78.4 cm³/mol. The fourth-order valence-electron chi connectivity index (χ4n) is 2.69. The van der Waals surface area contributed by atoms with Gasteiger partial charge in [0.2, 0.25) is 5.91 Å². The molecule has 1 saturated heterocycles. The van der Waals surface area contributed by atoms with Crippen molar-refractivity contribution in [3.05, 3.63) is 23.7 Å². The number of hydrogen-bond acceptors (Lipinski definition) is 5. The molecule has 0 atom stereocenters. The van der Waals surface area contributed by atoms with Crippen molar-refractivity contribution < 1.29 is 9.59 Å². The molecule has 2 aromatic rings. The van der Waals surface area contributed by atoms with Crippen molar-refractivity contribution in [2.24, 2.45) is 5.73 Å². The van der Waals surface area contributed by atoms with Gasteiger partial charge in [-0.3, -0.25) is 14.6 Å². The van der Waals surface area contributed by atoms with Crippen molar-refractivity contribution in [1.82, 2.24) is 19.5 Å². The molecule has 1 saturated carbocycles. The molecule has 1 aliphatic carbocycles. The molecule has 114 valence electrons. The second-order valence-corrected chi connectivity index (χ2v) is 5.75. The first kappa shape index (κ1) is 13.2. The molecule has 2 aromatic heterocycles. The quantitative estimate of drug-likeness (QED) is 0.831. The number of likely N-dealkylation sites (N-methyl/N-ethyl adjacent to an activating group) is 1. The fourth-order valence-corrected chi connectivity index (χ4v) is 2.69. The van der Waals surface area contributed by atoms with Gasteiger partial charge in [0.1, 0.15) is 6.54 Å². The summed E-state index contributed by atoms with van der Waals surface area (Å²) in [5.41, 5.74) is 8.46. The lowest BCUT2D eigenvalue weighted by atomic mass is 10.2. The maximum absolute atomic E-state index is 12.3. The summed E-state index contributed by atoms with van der Waals surface area (Å²) in [6.07, 6.45) is 3.98. The summed E-state index contributed by atoms with van der Waals surface area (Å²) in [4.78, 5) is 31.1. The van der Waals surface area contributed by atoms with E-state index in [1.807, 2.05) is 6.07 Å². The van der Waals surface area contributed by atoms with Gasteiger partial charge in [0.05, 0.1) is 23.3 Å². The number of amides is 3. The molecule has 22 heavy (non-hydrogen) atoms. The van der Waals surface area contributed by atoms with Gasteiger partial charge < -0.3 is 5.73 Å². The van der Waals surface area contributed by atoms with Crippen molar-refractivity contribution >= 4 is 23.3 Å². The second kappa shape index (κ2) is 4.51. The third kappa shape index (κ3) is 1.87. The number of nitrogens with zero attached hydrogens (tertiary/aromatic N) is 5. The number of anilines is 1. The minimum Gasteiger partial charge on any atom is -0.325 e. The second-order valence-electron chi connectivity index (χ2n) is 5.75. The van der Waals surface area contributed by atoms with E-state index in [9.17, 15) is 9.59 Å². The highest BCUT2D eigenvalue weighted by Gasteiger charge is 2.36. The number of fused-ring (bicyclic) bond motifs is 1. The Balaban J connectivity index is 1.89. The van der Waals surface area contributed by atoms with Crippen molar-refractivity contribution in [1.29, 1.82) is 0 Å². The number of nitrogens with two attached hydrogens (primary N) is 1. The molecule has 8 heteroatoms. The first-order chi connectivity index (χ1) is 10.6. The van der Waals surface area contributed by atoms with Crippen LogP contribution in [0.4, 0.5) is 10.5 Å². The SMILES string of the molecule is CN1C(=O)CN(c2cc(C3CC3)nn3cc(CN)nc23)C1=O. The summed E-state index contributed by atoms with van der Waals surface area (Å²) >= 11 is 0. The van der Waals surface area contributed by atoms with E-state index in [0.717, 1.165) is 23.4 Å². The van der Waals surface area contributed by atoms with Crippen LogP contribution in [0, 0.1) is 0 Å². The highest BCUT2D eigenvalue weighted by Crippen LogP contribution is 2.40. The number of urea groups is 1. The van der Waals surface area contributed by atoms with Gasteiger partial charge in [0.15, 0.2) is 5.65 Å². The Bertz CT molecular complexity index is 794. The first-order valence-corrected chi connectivity index (χ1v) is 7.26. The zero-order valence-electron chi connectivity index (χ0n) is 12.2. The molecule has 2 N–H and O–H groups in total. The third-order valence-electron chi connectivity index (χ3n) is 4.16. The number of imidazole rings is 1. The predicted octanol–water partition coefficient (Wildman–Crippen LogP) is 0.464. The largest absolute Gasteiger partial charge is 0.331 e. The molecular formula is C14H16N6O2. The monoisotopic (exact) mass is 300 g/mol. The average molecular weight is 300 g/mol. The molecule has 1 aliphatic heterocycles. The van der Waals surface area contributed by atoms with Crippen LogP contribution in [0.1, 0.15) is 30.1 Å². The van der Waals surface area contributed by atoms with Crippen molar-refractivity contribution in [2.75, 3.05) is 18.5 Å². The van der Waals surface area contributed by atoms with Gasteiger partial charge in [0.25, 0.3) is 0 Å². The van der Waals surface area contributed by atoms with Gasteiger partial charge in [-0.25, -0.2) is 14.3 Å². The summed E-state index contributed by atoms with van der Waals surface area (Å²) in [7, 11) is 1.49. The maximum atomic E-state index is 12.3. The zero-order valence-corrected chi connectivity index (χ0v) is 12.2. The Hall–Kier alpha value is -2.48. The Morgan fingerprint density at radius 2 is 2.14 bits per heavy atom. The molecule has 3 amide bonds. The lowest BCUT2D eigenvalue weighted by Crippen LogP contribution is -2.30. The molecule has 8 nitrogen and oxygen atoms in total. The van der Waals surface area contributed by atoms with Crippen LogP contribution < -0.4 is 10.6 Å². The van der Waals surface area contributed by atoms with E-state index in [1.165, 1.54) is 11.9 Å². The van der Waals surface area contributed by atoms with Gasteiger partial charge in [-0.2, -0.15) is 5.10 Å².